The van der Waals surface area contributed by atoms with Gasteiger partial charge in [-0.2, -0.15) is 0 Å². The average molecular weight is 221 g/mol. The van der Waals surface area contributed by atoms with Crippen LogP contribution < -0.4 is 4.74 Å². The van der Waals surface area contributed by atoms with Crippen LogP contribution in [-0.2, 0) is 0 Å². The number of aliphatic hydroxyl groups is 1. The number of benzene rings is 1. The third-order valence-electron chi connectivity index (χ3n) is 1.24. The maximum Gasteiger partial charge on any atom is 0.166 e. The van der Waals surface area contributed by atoms with E-state index in [1.807, 2.05) is 13.8 Å². The first-order valence-electron chi connectivity index (χ1n) is 4.43. The molecule has 0 aliphatic heterocycles. The number of rotatable bonds is 3. The van der Waals surface area contributed by atoms with Crippen LogP contribution in [0.25, 0.3) is 0 Å². The minimum absolute atomic E-state index is 0.0819. The monoisotopic (exact) mass is 220 g/mol. The maximum absolute atomic E-state index is 12.9. The molecule has 2 nitrogen and oxygen atoms in total. The molecule has 0 saturated heterocycles. The van der Waals surface area contributed by atoms with Crippen molar-refractivity contribution >= 4 is 11.6 Å². The zero-order valence-electron chi connectivity index (χ0n) is 8.26. The predicted octanol–water partition coefficient (Wildman–Crippen LogP) is 2.88. The lowest BCUT2D eigenvalue weighted by molar-refractivity contribution is 0.196. The normalized spacial score (nSPS) is 8.93. The molecule has 0 radical (unpaired) electrons. The Balaban J connectivity index is 0.000000791. The predicted molar refractivity (Wildman–Crippen MR) is 55.3 cm³/mol. The first-order valence-corrected chi connectivity index (χ1v) is 4.80. The second-order valence-corrected chi connectivity index (χ2v) is 2.58. The molecule has 0 bridgehead atoms. The van der Waals surface area contributed by atoms with Crippen LogP contribution in [-0.4, -0.2) is 18.3 Å². The van der Waals surface area contributed by atoms with E-state index in [1.165, 1.54) is 12.1 Å². The lowest BCUT2D eigenvalue weighted by Crippen LogP contribution is -2.02. The smallest absolute Gasteiger partial charge is 0.166 e. The largest absolute Gasteiger partial charge is 0.488 e. The summed E-state index contributed by atoms with van der Waals surface area (Å²) in [7, 11) is 0. The van der Waals surface area contributed by atoms with E-state index in [1.54, 1.807) is 0 Å². The van der Waals surface area contributed by atoms with Gasteiger partial charge in [-0.25, -0.2) is 4.39 Å². The van der Waals surface area contributed by atoms with Crippen LogP contribution in [0.15, 0.2) is 18.2 Å². The van der Waals surface area contributed by atoms with Gasteiger partial charge >= 0.3 is 0 Å². The lowest BCUT2D eigenvalue weighted by atomic mass is 10.3. The van der Waals surface area contributed by atoms with Crippen LogP contribution >= 0.6 is 11.6 Å². The molecule has 0 atom stereocenters. The van der Waals surface area contributed by atoms with Crippen LogP contribution in [0.3, 0.4) is 0 Å². The molecule has 0 spiro atoms. The van der Waals surface area contributed by atoms with E-state index in [9.17, 15) is 4.39 Å². The van der Waals surface area contributed by atoms with E-state index in [4.69, 9.17) is 21.4 Å². The second-order valence-electron chi connectivity index (χ2n) is 2.15. The molecule has 4 heteroatoms. The van der Waals surface area contributed by atoms with Gasteiger partial charge in [0.25, 0.3) is 0 Å². The fourth-order valence-corrected chi connectivity index (χ4v) is 0.907. The highest BCUT2D eigenvalue weighted by atomic mass is 35.5. The standard InChI is InChI=1S/C8H8ClFO2.C2H6/c9-6-1-2-8(7(10)5-6)12-4-3-11;1-2/h1-2,5,11H,3-4H2;1-2H3. The Morgan fingerprint density at radius 3 is 2.57 bits per heavy atom. The fourth-order valence-electron chi connectivity index (χ4n) is 0.748. The van der Waals surface area contributed by atoms with Crippen molar-refractivity contribution in [3.8, 4) is 5.75 Å². The molecule has 0 heterocycles. The Labute approximate surface area is 88.3 Å². The number of aliphatic hydroxyl groups excluding tert-OH is 1. The number of hydrogen-bond donors (Lipinski definition) is 1. The molecule has 0 aliphatic rings. The topological polar surface area (TPSA) is 29.5 Å². The Hall–Kier alpha value is -0.800. The summed E-state index contributed by atoms with van der Waals surface area (Å²) in [5.41, 5.74) is 0. The highest BCUT2D eigenvalue weighted by molar-refractivity contribution is 6.30. The van der Waals surface area contributed by atoms with Crippen LogP contribution in [0.4, 0.5) is 4.39 Å². The van der Waals surface area contributed by atoms with Gasteiger partial charge < -0.3 is 9.84 Å². The van der Waals surface area contributed by atoms with Gasteiger partial charge in [0.1, 0.15) is 6.61 Å². The van der Waals surface area contributed by atoms with Gasteiger partial charge in [-0.3, -0.25) is 0 Å². The van der Waals surface area contributed by atoms with Crippen LogP contribution in [0.5, 0.6) is 5.75 Å². The van der Waals surface area contributed by atoms with Crippen molar-refractivity contribution in [1.82, 2.24) is 0 Å². The summed E-state index contributed by atoms with van der Waals surface area (Å²) in [5, 5.41) is 8.72. The van der Waals surface area contributed by atoms with Gasteiger partial charge in [0.2, 0.25) is 0 Å². The van der Waals surface area contributed by atoms with Gasteiger partial charge in [-0.05, 0) is 18.2 Å². The van der Waals surface area contributed by atoms with Crippen molar-refractivity contribution in [1.29, 1.82) is 0 Å². The highest BCUT2D eigenvalue weighted by Gasteiger charge is 2.02. The quantitative estimate of drug-likeness (QED) is 0.849. The first-order chi connectivity index (χ1) is 6.74. The summed E-state index contributed by atoms with van der Waals surface area (Å²) in [6.07, 6.45) is 0. The molecular weight excluding hydrogens is 207 g/mol. The van der Waals surface area contributed by atoms with E-state index in [0.29, 0.717) is 5.02 Å². The van der Waals surface area contributed by atoms with E-state index in [-0.39, 0.29) is 19.0 Å². The Morgan fingerprint density at radius 2 is 2.07 bits per heavy atom. The summed E-state index contributed by atoms with van der Waals surface area (Å²) >= 11 is 5.51. The Bertz CT molecular complexity index is 266. The molecule has 80 valence electrons. The summed E-state index contributed by atoms with van der Waals surface area (Å²) in [5.74, 6) is -0.413. The summed E-state index contributed by atoms with van der Waals surface area (Å²) in [6.45, 7) is 3.95. The molecule has 0 fully saturated rings. The maximum atomic E-state index is 12.9. The van der Waals surface area contributed by atoms with E-state index < -0.39 is 5.82 Å². The van der Waals surface area contributed by atoms with E-state index >= 15 is 0 Å². The SMILES string of the molecule is CC.OCCOc1ccc(Cl)cc1F. The Kier molecular flexibility index (Phi) is 7.16. The molecule has 0 unspecified atom stereocenters. The van der Waals surface area contributed by atoms with Crippen LogP contribution in [0.2, 0.25) is 5.02 Å². The first kappa shape index (κ1) is 13.2. The lowest BCUT2D eigenvalue weighted by Gasteiger charge is -2.04. The van der Waals surface area contributed by atoms with Crippen molar-refractivity contribution < 1.29 is 14.2 Å². The van der Waals surface area contributed by atoms with Crippen molar-refractivity contribution in [2.24, 2.45) is 0 Å². The molecule has 0 aromatic heterocycles. The van der Waals surface area contributed by atoms with Gasteiger partial charge in [-0.15, -0.1) is 0 Å². The van der Waals surface area contributed by atoms with Crippen LogP contribution in [0.1, 0.15) is 13.8 Å². The van der Waals surface area contributed by atoms with Crippen molar-refractivity contribution in [2.75, 3.05) is 13.2 Å². The molecule has 0 saturated carbocycles. The molecule has 1 N–H and O–H groups in total. The van der Waals surface area contributed by atoms with E-state index in [0.717, 1.165) is 6.07 Å². The van der Waals surface area contributed by atoms with Gasteiger partial charge in [0.05, 0.1) is 6.61 Å². The number of halogens is 2. The minimum atomic E-state index is -0.518. The molecule has 0 aliphatic carbocycles. The van der Waals surface area contributed by atoms with E-state index in [2.05, 4.69) is 0 Å². The van der Waals surface area contributed by atoms with Gasteiger partial charge in [0, 0.05) is 5.02 Å². The Morgan fingerprint density at radius 1 is 1.43 bits per heavy atom. The summed E-state index contributed by atoms with van der Waals surface area (Å²) in [4.78, 5) is 0. The van der Waals surface area contributed by atoms with Gasteiger partial charge in [0.15, 0.2) is 11.6 Å². The number of hydrogen-bond acceptors (Lipinski definition) is 2. The zero-order valence-corrected chi connectivity index (χ0v) is 9.01. The zero-order chi connectivity index (χ0) is 11.0. The molecular formula is C10H14ClFO2. The average Bonchev–Trinajstić information content (AvgIpc) is 2.20. The van der Waals surface area contributed by atoms with Gasteiger partial charge in [-0.1, -0.05) is 25.4 Å². The molecule has 1 aromatic carbocycles. The third kappa shape index (κ3) is 4.44. The third-order valence-corrected chi connectivity index (χ3v) is 1.48. The summed E-state index contributed by atoms with van der Waals surface area (Å²) < 4.78 is 17.7. The molecule has 1 aromatic rings. The van der Waals surface area contributed by atoms with Crippen LogP contribution in [0, 0.1) is 5.82 Å². The number of ether oxygens (including phenoxy) is 1. The van der Waals surface area contributed by atoms with Crippen molar-refractivity contribution in [2.45, 2.75) is 13.8 Å². The highest BCUT2D eigenvalue weighted by Crippen LogP contribution is 2.20. The minimum Gasteiger partial charge on any atom is -0.488 e. The van der Waals surface area contributed by atoms with Crippen molar-refractivity contribution in [3.05, 3.63) is 29.0 Å². The summed E-state index contributed by atoms with van der Waals surface area (Å²) in [6, 6.07) is 4.11. The van der Waals surface area contributed by atoms with Crippen molar-refractivity contribution in [3.63, 3.8) is 0 Å². The molecule has 1 rings (SSSR count). The molecule has 14 heavy (non-hydrogen) atoms. The molecule has 0 amide bonds. The second kappa shape index (κ2) is 7.59. The fraction of sp³-hybridized carbons (Fsp3) is 0.400.